The maximum Gasteiger partial charge on any atom is 0.0940 e. The molecule has 3 aromatic rings. The second-order valence-corrected chi connectivity index (χ2v) is 7.09. The van der Waals surface area contributed by atoms with Gasteiger partial charge < -0.3 is 22.5 Å². The van der Waals surface area contributed by atoms with Gasteiger partial charge in [-0.3, -0.25) is 0 Å². The lowest BCUT2D eigenvalue weighted by atomic mass is 9.98. The molecule has 0 aliphatic heterocycles. The minimum Gasteiger partial charge on any atom is -1.00 e. The number of rotatable bonds is 10. The Kier molecular flexibility index (Phi) is 9.78. The van der Waals surface area contributed by atoms with Gasteiger partial charge in [-0.25, -0.2) is 0 Å². The molecule has 3 heteroatoms. The maximum absolute atomic E-state index is 5.73. The summed E-state index contributed by atoms with van der Waals surface area (Å²) in [5.74, 6) is 0. The van der Waals surface area contributed by atoms with E-state index in [1.54, 1.807) is 0 Å². The molecule has 0 bridgehead atoms. The van der Waals surface area contributed by atoms with Crippen molar-refractivity contribution in [3.8, 4) is 0 Å². The Bertz CT molecular complexity index is 723. The normalized spacial score (nSPS) is 11.8. The van der Waals surface area contributed by atoms with E-state index < -0.39 is 0 Å². The predicted octanol–water partition coefficient (Wildman–Crippen LogP) is 1.19. The molecule has 0 aromatic heterocycles. The number of methoxy groups -OCH3 is 1. The van der Waals surface area contributed by atoms with Crippen molar-refractivity contribution < 1.29 is 22.5 Å². The smallest absolute Gasteiger partial charge is 0.0940 e. The fraction of sp³-hybridized carbons (Fsp3) is 0.280. The molecule has 0 saturated carbocycles. The van der Waals surface area contributed by atoms with Gasteiger partial charge in [-0.05, 0) is 16.7 Å². The van der Waals surface area contributed by atoms with Crippen LogP contribution in [0.3, 0.4) is 0 Å². The van der Waals surface area contributed by atoms with Gasteiger partial charge in [0, 0.05) is 26.4 Å². The fourth-order valence-corrected chi connectivity index (χ4v) is 3.64. The molecule has 0 amide bonds. The summed E-state index contributed by atoms with van der Waals surface area (Å²) in [6.45, 7) is 1.05. The van der Waals surface area contributed by atoms with Crippen molar-refractivity contribution in [3.63, 3.8) is 0 Å². The first-order chi connectivity index (χ1) is 13.3. The Balaban J connectivity index is 0.00000280. The van der Waals surface area contributed by atoms with Crippen molar-refractivity contribution in [2.24, 2.45) is 0 Å². The third-order valence-electron chi connectivity index (χ3n) is 5.07. The van der Waals surface area contributed by atoms with Crippen molar-refractivity contribution in [3.05, 3.63) is 108 Å². The Morgan fingerprint density at radius 3 is 1.64 bits per heavy atom. The number of hydrogen-bond donors (Lipinski definition) is 1. The van der Waals surface area contributed by atoms with Crippen LogP contribution in [0.5, 0.6) is 0 Å². The average molecular weight is 396 g/mol. The SMILES string of the molecule is COC(CC[NH2+]C(Cc1ccccc1)Cc1ccccc1)c1ccccc1.[Cl-]. The summed E-state index contributed by atoms with van der Waals surface area (Å²) in [5.41, 5.74) is 4.07. The summed E-state index contributed by atoms with van der Waals surface area (Å²) in [6, 6.07) is 32.7. The van der Waals surface area contributed by atoms with E-state index in [0.717, 1.165) is 25.8 Å². The quantitative estimate of drug-likeness (QED) is 0.548. The van der Waals surface area contributed by atoms with Crippen LogP contribution in [0, 0.1) is 0 Å². The number of nitrogens with two attached hydrogens (primary N) is 1. The van der Waals surface area contributed by atoms with Gasteiger partial charge in [0.15, 0.2) is 0 Å². The topological polar surface area (TPSA) is 25.8 Å². The van der Waals surface area contributed by atoms with E-state index in [2.05, 4.69) is 96.3 Å². The highest BCUT2D eigenvalue weighted by Gasteiger charge is 2.16. The second kappa shape index (κ2) is 12.4. The Morgan fingerprint density at radius 2 is 1.18 bits per heavy atom. The van der Waals surface area contributed by atoms with E-state index in [-0.39, 0.29) is 18.5 Å². The molecule has 0 fully saturated rings. The largest absolute Gasteiger partial charge is 1.00 e. The Morgan fingerprint density at radius 1 is 0.714 bits per heavy atom. The molecule has 28 heavy (non-hydrogen) atoms. The van der Waals surface area contributed by atoms with Crippen LogP contribution in [0.15, 0.2) is 91.0 Å². The summed E-state index contributed by atoms with van der Waals surface area (Å²) in [5, 5.41) is 2.50. The molecule has 2 N–H and O–H groups in total. The Hall–Kier alpha value is -2.13. The number of ether oxygens (including phenoxy) is 1. The van der Waals surface area contributed by atoms with Gasteiger partial charge in [0.1, 0.15) is 0 Å². The van der Waals surface area contributed by atoms with Crippen LogP contribution < -0.4 is 17.7 Å². The fourth-order valence-electron chi connectivity index (χ4n) is 3.64. The summed E-state index contributed by atoms with van der Waals surface area (Å²) in [4.78, 5) is 0. The molecule has 1 atom stereocenters. The van der Waals surface area contributed by atoms with E-state index in [1.165, 1.54) is 16.7 Å². The third kappa shape index (κ3) is 7.12. The van der Waals surface area contributed by atoms with Gasteiger partial charge in [-0.2, -0.15) is 0 Å². The standard InChI is InChI=1S/C25H29NO.ClH/c1-27-25(23-15-9-4-10-16-23)17-18-26-24(19-21-11-5-2-6-12-21)20-22-13-7-3-8-14-22;/h2-16,24-26H,17-20H2,1H3;1H. The first kappa shape index (κ1) is 22.2. The molecule has 0 spiro atoms. The van der Waals surface area contributed by atoms with Gasteiger partial charge in [0.25, 0.3) is 0 Å². The number of benzene rings is 3. The highest BCUT2D eigenvalue weighted by atomic mass is 35.5. The first-order valence-corrected chi connectivity index (χ1v) is 9.84. The lowest BCUT2D eigenvalue weighted by Crippen LogP contribution is -3.00. The monoisotopic (exact) mass is 395 g/mol. The minimum absolute atomic E-state index is 0. The third-order valence-corrected chi connectivity index (χ3v) is 5.07. The van der Waals surface area contributed by atoms with Crippen LogP contribution in [0.1, 0.15) is 29.2 Å². The molecule has 3 rings (SSSR count). The molecule has 0 saturated heterocycles. The van der Waals surface area contributed by atoms with Crippen molar-refractivity contribution in [1.29, 1.82) is 0 Å². The van der Waals surface area contributed by atoms with Crippen LogP contribution in [-0.4, -0.2) is 19.7 Å². The summed E-state index contributed by atoms with van der Waals surface area (Å²) in [7, 11) is 1.81. The number of quaternary nitrogens is 1. The molecule has 0 aliphatic rings. The number of hydrogen-bond acceptors (Lipinski definition) is 1. The van der Waals surface area contributed by atoms with Crippen molar-refractivity contribution in [2.75, 3.05) is 13.7 Å². The van der Waals surface area contributed by atoms with Crippen molar-refractivity contribution in [1.82, 2.24) is 0 Å². The zero-order valence-corrected chi connectivity index (χ0v) is 17.3. The molecular formula is C25H30ClNO. The summed E-state index contributed by atoms with van der Waals surface area (Å²) in [6.07, 6.45) is 3.34. The lowest BCUT2D eigenvalue weighted by Gasteiger charge is -2.19. The van der Waals surface area contributed by atoms with Gasteiger partial charge in [0.05, 0.1) is 18.7 Å². The van der Waals surface area contributed by atoms with E-state index >= 15 is 0 Å². The predicted molar refractivity (Wildman–Crippen MR) is 112 cm³/mol. The maximum atomic E-state index is 5.73. The molecule has 3 aromatic carbocycles. The Labute approximate surface area is 175 Å². The zero-order chi connectivity index (χ0) is 18.7. The first-order valence-electron chi connectivity index (χ1n) is 9.84. The van der Waals surface area contributed by atoms with Crippen molar-refractivity contribution >= 4 is 0 Å². The van der Waals surface area contributed by atoms with E-state index in [4.69, 9.17) is 4.74 Å². The summed E-state index contributed by atoms with van der Waals surface area (Å²) < 4.78 is 5.73. The average Bonchev–Trinajstić information content (AvgIpc) is 2.73. The highest BCUT2D eigenvalue weighted by Crippen LogP contribution is 2.18. The van der Waals surface area contributed by atoms with Crippen LogP contribution in [-0.2, 0) is 17.6 Å². The van der Waals surface area contributed by atoms with Gasteiger partial charge in [0.2, 0.25) is 0 Å². The van der Waals surface area contributed by atoms with E-state index in [1.807, 2.05) is 7.11 Å². The minimum atomic E-state index is 0. The summed E-state index contributed by atoms with van der Waals surface area (Å²) >= 11 is 0. The van der Waals surface area contributed by atoms with Gasteiger partial charge in [-0.1, -0.05) is 91.0 Å². The van der Waals surface area contributed by atoms with Crippen LogP contribution in [0.2, 0.25) is 0 Å². The molecule has 0 aliphatic carbocycles. The molecule has 148 valence electrons. The van der Waals surface area contributed by atoms with Gasteiger partial charge in [-0.15, -0.1) is 0 Å². The van der Waals surface area contributed by atoms with Crippen molar-refractivity contribution in [2.45, 2.75) is 31.4 Å². The second-order valence-electron chi connectivity index (χ2n) is 7.09. The van der Waals surface area contributed by atoms with E-state index in [9.17, 15) is 0 Å². The van der Waals surface area contributed by atoms with Crippen LogP contribution in [0.4, 0.5) is 0 Å². The molecule has 1 unspecified atom stereocenters. The van der Waals surface area contributed by atoms with Crippen LogP contribution >= 0.6 is 0 Å². The lowest BCUT2D eigenvalue weighted by molar-refractivity contribution is -0.689. The van der Waals surface area contributed by atoms with Crippen LogP contribution in [0.25, 0.3) is 0 Å². The molecular weight excluding hydrogens is 366 g/mol. The molecule has 2 nitrogen and oxygen atoms in total. The number of halogens is 1. The highest BCUT2D eigenvalue weighted by molar-refractivity contribution is 5.19. The molecule has 0 radical (unpaired) electrons. The van der Waals surface area contributed by atoms with E-state index in [0.29, 0.717) is 6.04 Å². The molecule has 0 heterocycles. The zero-order valence-electron chi connectivity index (χ0n) is 16.5. The van der Waals surface area contributed by atoms with Gasteiger partial charge >= 0.3 is 0 Å².